The molecule has 0 radical (unpaired) electrons. The van der Waals surface area contributed by atoms with E-state index in [0.29, 0.717) is 26.2 Å². The summed E-state index contributed by atoms with van der Waals surface area (Å²) in [4.78, 5) is 11.5. The van der Waals surface area contributed by atoms with Gasteiger partial charge in [0.2, 0.25) is 5.95 Å². The number of nitrogens with zero attached hydrogens (tertiary/aromatic N) is 4. The van der Waals surface area contributed by atoms with Crippen LogP contribution in [-0.4, -0.2) is 43.3 Å². The normalized spacial score (nSPS) is 15.5. The largest absolute Gasteiger partial charge is 0.495 e. The monoisotopic (exact) mass is 338 g/mol. The van der Waals surface area contributed by atoms with Crippen molar-refractivity contribution in [3.63, 3.8) is 0 Å². The summed E-state index contributed by atoms with van der Waals surface area (Å²) in [5.41, 5.74) is 0.0595. The molecule has 0 amide bonds. The molecule has 1 aromatic heterocycles. The quantitative estimate of drug-likeness (QED) is 0.861. The lowest BCUT2D eigenvalue weighted by Crippen LogP contribution is -2.47. The number of hydrogen-bond acceptors (Lipinski definition) is 5. The molecule has 0 bridgehead atoms. The van der Waals surface area contributed by atoms with E-state index in [1.54, 1.807) is 12.0 Å². The van der Waals surface area contributed by atoms with Gasteiger partial charge >= 0.3 is 6.18 Å². The molecule has 0 spiro atoms. The Balaban J connectivity index is 1.71. The molecule has 0 N–H and O–H groups in total. The van der Waals surface area contributed by atoms with Crippen LogP contribution in [0.5, 0.6) is 5.75 Å². The molecule has 0 unspecified atom stereocenters. The number of hydrogen-bond donors (Lipinski definition) is 0. The maximum atomic E-state index is 12.8. The van der Waals surface area contributed by atoms with Crippen molar-refractivity contribution in [3.05, 3.63) is 42.2 Å². The molecule has 128 valence electrons. The molecule has 1 aliphatic rings. The topological polar surface area (TPSA) is 41.5 Å². The first-order valence-corrected chi connectivity index (χ1v) is 7.52. The zero-order chi connectivity index (χ0) is 17.2. The minimum absolute atomic E-state index is 0.115. The molecule has 0 aliphatic carbocycles. The highest BCUT2D eigenvalue weighted by molar-refractivity contribution is 5.59. The molecule has 5 nitrogen and oxygen atoms in total. The molecular formula is C16H17F3N4O. The summed E-state index contributed by atoms with van der Waals surface area (Å²) in [7, 11) is 1.62. The molecule has 1 saturated heterocycles. The Morgan fingerprint density at radius 1 is 1.00 bits per heavy atom. The Kier molecular flexibility index (Phi) is 4.46. The zero-order valence-corrected chi connectivity index (χ0v) is 13.1. The molecule has 0 atom stereocenters. The van der Waals surface area contributed by atoms with Crippen LogP contribution in [0.3, 0.4) is 0 Å². The van der Waals surface area contributed by atoms with Gasteiger partial charge in [0.25, 0.3) is 0 Å². The molecule has 2 aromatic rings. The summed E-state index contributed by atoms with van der Waals surface area (Å²) in [5, 5.41) is 0. The molecule has 0 saturated carbocycles. The predicted molar refractivity (Wildman–Crippen MR) is 84.5 cm³/mol. The smallest absolute Gasteiger partial charge is 0.433 e. The fraction of sp³-hybridized carbons (Fsp3) is 0.375. The van der Waals surface area contributed by atoms with Gasteiger partial charge in [-0.3, -0.25) is 0 Å². The first-order valence-electron chi connectivity index (χ1n) is 7.52. The Morgan fingerprint density at radius 2 is 1.67 bits per heavy atom. The van der Waals surface area contributed by atoms with Gasteiger partial charge in [-0.25, -0.2) is 9.97 Å². The van der Waals surface area contributed by atoms with Crippen LogP contribution in [0, 0.1) is 0 Å². The van der Waals surface area contributed by atoms with Gasteiger partial charge in [-0.2, -0.15) is 13.2 Å². The minimum Gasteiger partial charge on any atom is -0.495 e. The number of para-hydroxylation sites is 2. The lowest BCUT2D eigenvalue weighted by atomic mass is 10.2. The van der Waals surface area contributed by atoms with Gasteiger partial charge in [0.1, 0.15) is 11.4 Å². The first-order chi connectivity index (χ1) is 11.5. The average Bonchev–Trinajstić information content (AvgIpc) is 2.61. The third-order valence-electron chi connectivity index (χ3n) is 3.92. The maximum Gasteiger partial charge on any atom is 0.433 e. The number of piperazine rings is 1. The van der Waals surface area contributed by atoms with E-state index < -0.39 is 11.9 Å². The number of ether oxygens (including phenoxy) is 1. The molecule has 1 aromatic carbocycles. The van der Waals surface area contributed by atoms with E-state index in [2.05, 4.69) is 14.9 Å². The highest BCUT2D eigenvalue weighted by atomic mass is 19.4. The number of alkyl halides is 3. The molecule has 8 heteroatoms. The van der Waals surface area contributed by atoms with Crippen molar-refractivity contribution in [1.29, 1.82) is 0 Å². The summed E-state index contributed by atoms with van der Waals surface area (Å²) >= 11 is 0. The standard InChI is InChI=1S/C16H17F3N4O/c1-24-13-5-3-2-4-12(13)22-8-10-23(11-9-22)15-20-7-6-14(21-15)16(17,18)19/h2-7H,8-11H2,1H3. The predicted octanol–water partition coefficient (Wildman–Crippen LogP) is 2.83. The number of halogens is 3. The van der Waals surface area contributed by atoms with Gasteiger partial charge in [-0.15, -0.1) is 0 Å². The van der Waals surface area contributed by atoms with E-state index >= 15 is 0 Å². The number of anilines is 2. The van der Waals surface area contributed by atoms with Crippen LogP contribution in [-0.2, 0) is 6.18 Å². The third-order valence-corrected chi connectivity index (χ3v) is 3.92. The summed E-state index contributed by atoms with van der Waals surface area (Å²) in [6.45, 7) is 2.39. The highest BCUT2D eigenvalue weighted by Gasteiger charge is 2.33. The number of methoxy groups -OCH3 is 1. The van der Waals surface area contributed by atoms with Gasteiger partial charge in [0.15, 0.2) is 0 Å². The second kappa shape index (κ2) is 6.54. The van der Waals surface area contributed by atoms with Crippen molar-refractivity contribution in [1.82, 2.24) is 9.97 Å². The minimum atomic E-state index is -4.46. The van der Waals surface area contributed by atoms with Crippen LogP contribution in [0.1, 0.15) is 5.69 Å². The van der Waals surface area contributed by atoms with E-state index in [1.807, 2.05) is 24.3 Å². The van der Waals surface area contributed by atoms with Crippen LogP contribution in [0.15, 0.2) is 36.5 Å². The van der Waals surface area contributed by atoms with E-state index in [4.69, 9.17) is 4.74 Å². The second-order valence-electron chi connectivity index (χ2n) is 5.39. The van der Waals surface area contributed by atoms with Crippen LogP contribution in [0.4, 0.5) is 24.8 Å². The number of benzene rings is 1. The van der Waals surface area contributed by atoms with Crippen molar-refractivity contribution in [2.75, 3.05) is 43.1 Å². The summed E-state index contributed by atoms with van der Waals surface area (Å²) in [6.07, 6.45) is -3.31. The second-order valence-corrected chi connectivity index (χ2v) is 5.39. The van der Waals surface area contributed by atoms with Gasteiger partial charge < -0.3 is 14.5 Å². The molecule has 2 heterocycles. The maximum absolute atomic E-state index is 12.8. The van der Waals surface area contributed by atoms with Crippen LogP contribution in [0.2, 0.25) is 0 Å². The molecule has 24 heavy (non-hydrogen) atoms. The number of rotatable bonds is 3. The van der Waals surface area contributed by atoms with Crippen LogP contribution in [0.25, 0.3) is 0 Å². The van der Waals surface area contributed by atoms with E-state index in [-0.39, 0.29) is 5.95 Å². The Labute approximate surface area is 137 Å². The van der Waals surface area contributed by atoms with Crippen molar-refractivity contribution in [2.45, 2.75) is 6.18 Å². The highest BCUT2D eigenvalue weighted by Crippen LogP contribution is 2.30. The fourth-order valence-corrected chi connectivity index (χ4v) is 2.70. The summed E-state index contributed by atoms with van der Waals surface area (Å²) in [5.74, 6) is 0.894. The fourth-order valence-electron chi connectivity index (χ4n) is 2.70. The first kappa shape index (κ1) is 16.4. The molecule has 1 fully saturated rings. The van der Waals surface area contributed by atoms with Crippen molar-refractivity contribution < 1.29 is 17.9 Å². The van der Waals surface area contributed by atoms with Gasteiger partial charge in [-0.05, 0) is 18.2 Å². The van der Waals surface area contributed by atoms with Crippen LogP contribution < -0.4 is 14.5 Å². The third kappa shape index (κ3) is 3.37. The van der Waals surface area contributed by atoms with Gasteiger partial charge in [-0.1, -0.05) is 12.1 Å². The molecule has 1 aliphatic heterocycles. The lowest BCUT2D eigenvalue weighted by molar-refractivity contribution is -0.141. The molecule has 3 rings (SSSR count). The van der Waals surface area contributed by atoms with Crippen molar-refractivity contribution in [3.8, 4) is 5.75 Å². The van der Waals surface area contributed by atoms with E-state index in [0.717, 1.165) is 23.7 Å². The Morgan fingerprint density at radius 3 is 2.33 bits per heavy atom. The Hall–Kier alpha value is -2.51. The average molecular weight is 338 g/mol. The van der Waals surface area contributed by atoms with Crippen LogP contribution >= 0.6 is 0 Å². The van der Waals surface area contributed by atoms with Gasteiger partial charge in [0.05, 0.1) is 12.8 Å². The Bertz CT molecular complexity index is 700. The SMILES string of the molecule is COc1ccccc1N1CCN(c2nccc(C(F)(F)F)n2)CC1. The number of aromatic nitrogens is 2. The molecular weight excluding hydrogens is 321 g/mol. The summed E-state index contributed by atoms with van der Waals surface area (Å²) < 4.78 is 43.7. The summed E-state index contributed by atoms with van der Waals surface area (Å²) in [6, 6.07) is 8.57. The van der Waals surface area contributed by atoms with Crippen molar-refractivity contribution >= 4 is 11.6 Å². The van der Waals surface area contributed by atoms with Crippen molar-refractivity contribution in [2.24, 2.45) is 0 Å². The van der Waals surface area contributed by atoms with Gasteiger partial charge in [0, 0.05) is 32.4 Å². The van der Waals surface area contributed by atoms with E-state index in [1.165, 1.54) is 0 Å². The zero-order valence-electron chi connectivity index (χ0n) is 13.1. The lowest BCUT2D eigenvalue weighted by Gasteiger charge is -2.36. The van der Waals surface area contributed by atoms with E-state index in [9.17, 15) is 13.2 Å².